The molecule has 2 aliphatic heterocycles. The minimum absolute atomic E-state index is 0.703. The molecule has 1 aromatic carbocycles. The zero-order valence-corrected chi connectivity index (χ0v) is 13.0. The van der Waals surface area contributed by atoms with Crippen molar-refractivity contribution in [2.75, 3.05) is 20.1 Å². The summed E-state index contributed by atoms with van der Waals surface area (Å²) in [6.45, 7) is 8.77. The summed E-state index contributed by atoms with van der Waals surface area (Å²) in [6, 6.07) is 11.2. The molecular weight excluding hydrogens is 256 g/mol. The van der Waals surface area contributed by atoms with Crippen LogP contribution in [0.25, 0.3) is 0 Å². The second-order valence-electron chi connectivity index (χ2n) is 6.12. The first-order chi connectivity index (χ1) is 10.1. The van der Waals surface area contributed by atoms with Crippen molar-refractivity contribution in [3.63, 3.8) is 0 Å². The topological polar surface area (TPSA) is 6.48 Å². The molecule has 0 N–H and O–H groups in total. The Kier molecular flexibility index (Phi) is 3.87. The lowest BCUT2D eigenvalue weighted by atomic mass is 10.1. The van der Waals surface area contributed by atoms with Crippen LogP contribution in [-0.2, 0) is 6.42 Å². The number of hydrogen-bond donors (Lipinski definition) is 0. The average molecular weight is 280 g/mol. The van der Waals surface area contributed by atoms with Gasteiger partial charge in [-0.25, -0.2) is 0 Å². The van der Waals surface area contributed by atoms with Crippen LogP contribution in [0.2, 0.25) is 0 Å². The molecule has 0 radical (unpaired) electrons. The van der Waals surface area contributed by atoms with Crippen LogP contribution in [0.3, 0.4) is 0 Å². The van der Waals surface area contributed by atoms with Crippen molar-refractivity contribution in [1.29, 1.82) is 0 Å². The smallest absolute Gasteiger partial charge is 0.0559 e. The highest BCUT2D eigenvalue weighted by Crippen LogP contribution is 2.30. The first-order valence-electron chi connectivity index (χ1n) is 7.73. The summed E-state index contributed by atoms with van der Waals surface area (Å²) in [7, 11) is 2.22. The molecule has 0 amide bonds. The maximum Gasteiger partial charge on any atom is 0.0559 e. The van der Waals surface area contributed by atoms with Crippen LogP contribution in [-0.4, -0.2) is 36.0 Å². The highest BCUT2D eigenvalue weighted by molar-refractivity contribution is 5.34. The van der Waals surface area contributed by atoms with Crippen LogP contribution in [0.4, 0.5) is 0 Å². The first-order valence-corrected chi connectivity index (χ1v) is 7.73. The molecule has 2 nitrogen and oxygen atoms in total. The van der Waals surface area contributed by atoms with Gasteiger partial charge in [-0.2, -0.15) is 0 Å². The van der Waals surface area contributed by atoms with Crippen molar-refractivity contribution in [1.82, 2.24) is 9.80 Å². The lowest BCUT2D eigenvalue weighted by Crippen LogP contribution is -2.39. The monoisotopic (exact) mass is 280 g/mol. The molecule has 2 aliphatic rings. The largest absolute Gasteiger partial charge is 0.372 e. The molecule has 110 valence electrons. The Hall–Kier alpha value is -1.96. The molecule has 1 atom stereocenters. The number of rotatable bonds is 4. The Morgan fingerprint density at radius 3 is 2.86 bits per heavy atom. The molecule has 1 fully saturated rings. The number of allylic oxidation sites excluding steroid dienone is 4. The summed E-state index contributed by atoms with van der Waals surface area (Å²) in [6.07, 6.45) is 6.62. The van der Waals surface area contributed by atoms with Gasteiger partial charge in [0.15, 0.2) is 0 Å². The summed E-state index contributed by atoms with van der Waals surface area (Å²) in [4.78, 5) is 4.94. The van der Waals surface area contributed by atoms with E-state index in [9.17, 15) is 0 Å². The Balaban J connectivity index is 1.70. The van der Waals surface area contributed by atoms with E-state index in [2.05, 4.69) is 72.8 Å². The van der Waals surface area contributed by atoms with Crippen molar-refractivity contribution < 1.29 is 0 Å². The Morgan fingerprint density at radius 1 is 1.33 bits per heavy atom. The van der Waals surface area contributed by atoms with E-state index in [1.807, 2.05) is 0 Å². The molecule has 2 heterocycles. The van der Waals surface area contributed by atoms with Gasteiger partial charge in [0.2, 0.25) is 0 Å². The van der Waals surface area contributed by atoms with Crippen molar-refractivity contribution in [2.24, 2.45) is 0 Å². The molecule has 1 saturated heterocycles. The molecule has 1 aromatic rings. The number of nitrogens with zero attached hydrogens (tertiary/aromatic N) is 2. The van der Waals surface area contributed by atoms with Gasteiger partial charge in [-0.1, -0.05) is 48.6 Å². The van der Waals surface area contributed by atoms with E-state index in [0.29, 0.717) is 6.04 Å². The van der Waals surface area contributed by atoms with E-state index in [1.165, 1.54) is 36.5 Å². The fraction of sp³-hybridized carbons (Fsp3) is 0.368. The van der Waals surface area contributed by atoms with E-state index < -0.39 is 0 Å². The second-order valence-corrected chi connectivity index (χ2v) is 6.12. The van der Waals surface area contributed by atoms with Gasteiger partial charge in [0.1, 0.15) is 0 Å². The standard InChI is InChI=1S/C19H24N2/c1-15(13-17-7-5-4-6-8-17)9-10-19-16(2)20(3)18-11-12-21(19)14-18/h4-10,18H,1,11-14H2,2-3H3/b10-9-. The molecule has 0 spiro atoms. The molecule has 0 saturated carbocycles. The first kappa shape index (κ1) is 14.0. The Bertz CT molecular complexity index is 583. The number of benzene rings is 1. The van der Waals surface area contributed by atoms with Crippen LogP contribution in [0.15, 0.2) is 66.0 Å². The lowest BCUT2D eigenvalue weighted by Gasteiger charge is -2.35. The molecular formula is C19H24N2. The van der Waals surface area contributed by atoms with Gasteiger partial charge in [0, 0.05) is 31.9 Å². The zero-order chi connectivity index (χ0) is 14.8. The van der Waals surface area contributed by atoms with Crippen LogP contribution < -0.4 is 0 Å². The summed E-state index contributed by atoms with van der Waals surface area (Å²) in [5.41, 5.74) is 5.22. The number of hydrogen-bond acceptors (Lipinski definition) is 2. The van der Waals surface area contributed by atoms with Crippen molar-refractivity contribution in [3.8, 4) is 0 Å². The van der Waals surface area contributed by atoms with Crippen molar-refractivity contribution in [3.05, 3.63) is 71.6 Å². The summed E-state index contributed by atoms with van der Waals surface area (Å²) >= 11 is 0. The van der Waals surface area contributed by atoms with Gasteiger partial charge < -0.3 is 9.80 Å². The molecule has 21 heavy (non-hydrogen) atoms. The highest BCUT2D eigenvalue weighted by Gasteiger charge is 2.32. The van der Waals surface area contributed by atoms with Crippen LogP contribution >= 0.6 is 0 Å². The molecule has 0 aromatic heterocycles. The normalized spacial score (nSPS) is 21.5. The maximum absolute atomic E-state index is 4.20. The molecule has 0 aliphatic carbocycles. The predicted molar refractivity (Wildman–Crippen MR) is 88.9 cm³/mol. The summed E-state index contributed by atoms with van der Waals surface area (Å²) in [5, 5.41) is 0. The van der Waals surface area contributed by atoms with E-state index >= 15 is 0 Å². The second kappa shape index (κ2) is 5.80. The van der Waals surface area contributed by atoms with Crippen LogP contribution in [0.1, 0.15) is 18.9 Å². The fourth-order valence-electron chi connectivity index (χ4n) is 3.30. The third kappa shape index (κ3) is 2.90. The fourth-order valence-corrected chi connectivity index (χ4v) is 3.30. The quantitative estimate of drug-likeness (QED) is 0.778. The maximum atomic E-state index is 4.20. The molecule has 3 rings (SSSR count). The van der Waals surface area contributed by atoms with Gasteiger partial charge >= 0.3 is 0 Å². The van der Waals surface area contributed by atoms with Gasteiger partial charge in [-0.05, 0) is 31.4 Å². The van der Waals surface area contributed by atoms with Crippen molar-refractivity contribution in [2.45, 2.75) is 25.8 Å². The zero-order valence-electron chi connectivity index (χ0n) is 13.0. The molecule has 2 heteroatoms. The number of likely N-dealkylation sites (N-methyl/N-ethyl adjacent to an activating group) is 1. The molecule has 2 bridgehead atoms. The van der Waals surface area contributed by atoms with Gasteiger partial charge in [-0.3, -0.25) is 0 Å². The highest BCUT2D eigenvalue weighted by atomic mass is 15.3. The Labute approximate surface area is 128 Å². The third-order valence-corrected chi connectivity index (χ3v) is 4.70. The number of fused-ring (bicyclic) bond motifs is 2. The van der Waals surface area contributed by atoms with E-state index in [1.54, 1.807) is 0 Å². The van der Waals surface area contributed by atoms with Gasteiger partial charge in [-0.15, -0.1) is 0 Å². The average Bonchev–Trinajstić information content (AvgIpc) is 2.93. The van der Waals surface area contributed by atoms with E-state index in [-0.39, 0.29) is 0 Å². The van der Waals surface area contributed by atoms with E-state index in [4.69, 9.17) is 0 Å². The van der Waals surface area contributed by atoms with E-state index in [0.717, 1.165) is 12.0 Å². The SMILES string of the molecule is C=C(/C=C\C1=C(C)N(C)C2CCN1C2)Cc1ccccc1. The predicted octanol–water partition coefficient (Wildman–Crippen LogP) is 3.59. The van der Waals surface area contributed by atoms with Gasteiger partial charge in [0.25, 0.3) is 0 Å². The van der Waals surface area contributed by atoms with Crippen LogP contribution in [0, 0.1) is 0 Å². The van der Waals surface area contributed by atoms with Gasteiger partial charge in [0.05, 0.1) is 5.70 Å². The van der Waals surface area contributed by atoms with Crippen LogP contribution in [0.5, 0.6) is 0 Å². The Morgan fingerprint density at radius 2 is 2.10 bits per heavy atom. The summed E-state index contributed by atoms with van der Waals surface area (Å²) < 4.78 is 0. The third-order valence-electron chi connectivity index (χ3n) is 4.70. The van der Waals surface area contributed by atoms with Crippen molar-refractivity contribution >= 4 is 0 Å². The minimum Gasteiger partial charge on any atom is -0.372 e. The summed E-state index contributed by atoms with van der Waals surface area (Å²) in [5.74, 6) is 0. The minimum atomic E-state index is 0.703. The lowest BCUT2D eigenvalue weighted by molar-refractivity contribution is 0.260. The molecule has 1 unspecified atom stereocenters.